The van der Waals surface area contributed by atoms with Crippen LogP contribution in [0.4, 0.5) is 5.00 Å². The molecule has 0 aliphatic rings. The van der Waals surface area contributed by atoms with Crippen LogP contribution in [0, 0.1) is 18.3 Å². The first-order valence-electron chi connectivity index (χ1n) is 6.98. The Morgan fingerprint density at radius 2 is 2.09 bits per heavy atom. The van der Waals surface area contributed by atoms with Crippen molar-refractivity contribution in [1.82, 2.24) is 9.36 Å². The summed E-state index contributed by atoms with van der Waals surface area (Å²) in [6.45, 7) is 2.73. The lowest BCUT2D eigenvalue weighted by Gasteiger charge is -2.05. The number of hydrogen-bond donors (Lipinski definition) is 1. The molecule has 0 radical (unpaired) electrons. The SMILES string of the molecule is Cc1nc(-c2ccc(CCNc3snc(Cl)c3C#N)cc2)cs1. The van der Waals surface area contributed by atoms with Gasteiger partial charge < -0.3 is 5.32 Å². The maximum Gasteiger partial charge on any atom is 0.162 e. The summed E-state index contributed by atoms with van der Waals surface area (Å²) >= 11 is 8.72. The highest BCUT2D eigenvalue weighted by Crippen LogP contribution is 2.27. The molecule has 7 heteroatoms. The summed E-state index contributed by atoms with van der Waals surface area (Å²) in [6, 6.07) is 10.5. The van der Waals surface area contributed by atoms with E-state index in [1.54, 1.807) is 11.3 Å². The van der Waals surface area contributed by atoms with E-state index in [9.17, 15) is 0 Å². The zero-order valence-electron chi connectivity index (χ0n) is 12.3. The topological polar surface area (TPSA) is 61.6 Å². The number of rotatable bonds is 5. The Kier molecular flexibility index (Phi) is 4.91. The predicted octanol–water partition coefficient (Wildman–Crippen LogP) is 4.75. The molecule has 0 amide bonds. The Morgan fingerprint density at radius 3 is 2.74 bits per heavy atom. The molecule has 0 saturated carbocycles. The summed E-state index contributed by atoms with van der Waals surface area (Å²) in [5.41, 5.74) is 3.80. The molecule has 0 aliphatic carbocycles. The molecular weight excluding hydrogens is 348 g/mol. The van der Waals surface area contributed by atoms with Gasteiger partial charge in [0.25, 0.3) is 0 Å². The number of hydrogen-bond acceptors (Lipinski definition) is 6. The minimum atomic E-state index is 0.267. The summed E-state index contributed by atoms with van der Waals surface area (Å²) in [4.78, 5) is 4.49. The molecule has 2 aromatic heterocycles. The molecule has 0 bridgehead atoms. The zero-order valence-corrected chi connectivity index (χ0v) is 14.7. The minimum absolute atomic E-state index is 0.267. The van der Waals surface area contributed by atoms with Gasteiger partial charge in [-0.25, -0.2) is 4.98 Å². The minimum Gasteiger partial charge on any atom is -0.374 e. The van der Waals surface area contributed by atoms with Crippen LogP contribution in [0.25, 0.3) is 11.3 Å². The van der Waals surface area contributed by atoms with Crippen LogP contribution in [0.2, 0.25) is 5.15 Å². The summed E-state index contributed by atoms with van der Waals surface area (Å²) < 4.78 is 3.98. The highest BCUT2D eigenvalue weighted by atomic mass is 35.5. The second-order valence-corrected chi connectivity index (χ2v) is 7.11. The van der Waals surface area contributed by atoms with Gasteiger partial charge in [0.05, 0.1) is 10.7 Å². The van der Waals surface area contributed by atoms with Crippen LogP contribution < -0.4 is 5.32 Å². The van der Waals surface area contributed by atoms with E-state index >= 15 is 0 Å². The van der Waals surface area contributed by atoms with Crippen LogP contribution in [0.1, 0.15) is 16.1 Å². The van der Waals surface area contributed by atoms with Crippen LogP contribution in [0.3, 0.4) is 0 Å². The van der Waals surface area contributed by atoms with Crippen molar-refractivity contribution in [3.8, 4) is 17.3 Å². The van der Waals surface area contributed by atoms with Crippen LogP contribution in [-0.2, 0) is 6.42 Å². The fourth-order valence-electron chi connectivity index (χ4n) is 2.15. The Hall–Kier alpha value is -1.94. The largest absolute Gasteiger partial charge is 0.374 e. The molecule has 3 rings (SSSR count). The van der Waals surface area contributed by atoms with Gasteiger partial charge in [0.15, 0.2) is 5.15 Å². The van der Waals surface area contributed by atoms with Gasteiger partial charge in [0.1, 0.15) is 16.6 Å². The number of aryl methyl sites for hydroxylation is 1. The molecule has 0 aliphatic heterocycles. The van der Waals surface area contributed by atoms with E-state index in [1.165, 1.54) is 17.1 Å². The van der Waals surface area contributed by atoms with Gasteiger partial charge >= 0.3 is 0 Å². The molecule has 0 unspecified atom stereocenters. The number of nitrogens with one attached hydrogen (secondary N) is 1. The Morgan fingerprint density at radius 1 is 1.30 bits per heavy atom. The number of benzene rings is 1. The lowest BCUT2D eigenvalue weighted by atomic mass is 10.1. The van der Waals surface area contributed by atoms with Gasteiger partial charge in [-0.1, -0.05) is 35.9 Å². The molecule has 0 saturated heterocycles. The molecule has 4 nitrogen and oxygen atoms in total. The number of halogens is 1. The van der Waals surface area contributed by atoms with Crippen molar-refractivity contribution >= 4 is 39.5 Å². The lowest BCUT2D eigenvalue weighted by molar-refractivity contribution is 1.02. The second-order valence-electron chi connectivity index (χ2n) is 4.91. The van der Waals surface area contributed by atoms with Crippen molar-refractivity contribution in [3.63, 3.8) is 0 Å². The van der Waals surface area contributed by atoms with Crippen LogP contribution in [0.15, 0.2) is 29.6 Å². The lowest BCUT2D eigenvalue weighted by Crippen LogP contribution is -2.04. The smallest absolute Gasteiger partial charge is 0.162 e. The molecule has 0 atom stereocenters. The van der Waals surface area contributed by atoms with Gasteiger partial charge in [-0.3, -0.25) is 0 Å². The van der Waals surface area contributed by atoms with Crippen molar-refractivity contribution in [2.45, 2.75) is 13.3 Å². The van der Waals surface area contributed by atoms with Crippen LogP contribution in [-0.4, -0.2) is 15.9 Å². The Balaban J connectivity index is 1.60. The fraction of sp³-hybridized carbons (Fsp3) is 0.188. The van der Waals surface area contributed by atoms with E-state index in [0.717, 1.165) is 34.2 Å². The first-order chi connectivity index (χ1) is 11.2. The average molecular weight is 361 g/mol. The molecule has 116 valence electrons. The number of thiazole rings is 1. The Bertz CT molecular complexity index is 846. The summed E-state index contributed by atoms with van der Waals surface area (Å²) in [5, 5.41) is 16.4. The average Bonchev–Trinajstić information content (AvgIpc) is 3.14. The highest BCUT2D eigenvalue weighted by Gasteiger charge is 2.10. The number of anilines is 1. The van der Waals surface area contributed by atoms with Crippen LogP contribution in [0.5, 0.6) is 0 Å². The normalized spacial score (nSPS) is 10.5. The van der Waals surface area contributed by atoms with Crippen molar-refractivity contribution in [2.75, 3.05) is 11.9 Å². The highest BCUT2D eigenvalue weighted by molar-refractivity contribution is 7.10. The quantitative estimate of drug-likeness (QED) is 0.712. The standard InChI is InChI=1S/C16H13ClN4S2/c1-10-20-14(9-22-10)12-4-2-11(3-5-12)6-7-19-16-13(8-18)15(17)21-23-16/h2-5,9,19H,6-7H2,1H3. The van der Waals surface area contributed by atoms with E-state index < -0.39 is 0 Å². The second kappa shape index (κ2) is 7.09. The number of nitriles is 1. The van der Waals surface area contributed by atoms with Gasteiger partial charge in [0, 0.05) is 17.5 Å². The van der Waals surface area contributed by atoms with Crippen LogP contribution >= 0.6 is 34.5 Å². The number of aromatic nitrogens is 2. The monoisotopic (exact) mass is 360 g/mol. The van der Waals surface area contributed by atoms with Crippen molar-refractivity contribution < 1.29 is 0 Å². The van der Waals surface area contributed by atoms with E-state index in [2.05, 4.69) is 50.4 Å². The van der Waals surface area contributed by atoms with E-state index in [0.29, 0.717) is 5.56 Å². The number of nitrogens with zero attached hydrogens (tertiary/aromatic N) is 3. The molecule has 23 heavy (non-hydrogen) atoms. The first kappa shape index (κ1) is 15.9. The predicted molar refractivity (Wildman–Crippen MR) is 96.3 cm³/mol. The van der Waals surface area contributed by atoms with Gasteiger partial charge in [-0.2, -0.15) is 9.64 Å². The molecule has 0 spiro atoms. The maximum atomic E-state index is 9.03. The van der Waals surface area contributed by atoms with Gasteiger partial charge in [-0.05, 0) is 30.4 Å². The summed E-state index contributed by atoms with van der Waals surface area (Å²) in [6.07, 6.45) is 0.858. The van der Waals surface area contributed by atoms with Crippen molar-refractivity contribution in [1.29, 1.82) is 5.26 Å². The maximum absolute atomic E-state index is 9.03. The van der Waals surface area contributed by atoms with E-state index in [4.69, 9.17) is 16.9 Å². The summed E-state index contributed by atoms with van der Waals surface area (Å²) in [5.74, 6) is 0. The third-order valence-corrected chi connectivity index (χ3v) is 5.28. The molecule has 2 heterocycles. The van der Waals surface area contributed by atoms with Gasteiger partial charge in [-0.15, -0.1) is 11.3 Å². The third-order valence-electron chi connectivity index (χ3n) is 3.33. The first-order valence-corrected chi connectivity index (χ1v) is 9.01. The van der Waals surface area contributed by atoms with E-state index in [1.807, 2.05) is 6.92 Å². The molecule has 3 aromatic rings. The Labute approximate surface area is 147 Å². The summed E-state index contributed by atoms with van der Waals surface area (Å²) in [7, 11) is 0. The molecule has 0 fully saturated rings. The van der Waals surface area contributed by atoms with Gasteiger partial charge in [0.2, 0.25) is 0 Å². The third kappa shape index (κ3) is 3.70. The zero-order chi connectivity index (χ0) is 16.2. The molecule has 1 N–H and O–H groups in total. The van der Waals surface area contributed by atoms with Crippen molar-refractivity contribution in [3.05, 3.63) is 50.9 Å². The van der Waals surface area contributed by atoms with E-state index in [-0.39, 0.29) is 5.15 Å². The molecular formula is C16H13ClN4S2. The molecule has 1 aromatic carbocycles. The fourth-order valence-corrected chi connectivity index (χ4v) is 3.73. The van der Waals surface area contributed by atoms with Crippen molar-refractivity contribution in [2.24, 2.45) is 0 Å².